The topological polar surface area (TPSA) is 9.23 Å². The van der Waals surface area contributed by atoms with Gasteiger partial charge in [0.2, 0.25) is 0 Å². The summed E-state index contributed by atoms with van der Waals surface area (Å²) in [5, 5.41) is 0. The average Bonchev–Trinajstić information content (AvgIpc) is 2.68. The van der Waals surface area contributed by atoms with Crippen molar-refractivity contribution in [1.82, 2.24) is 0 Å². The van der Waals surface area contributed by atoms with Gasteiger partial charge in [0.25, 0.3) is 0 Å². The van der Waals surface area contributed by atoms with E-state index in [0.717, 1.165) is 23.5 Å². The van der Waals surface area contributed by atoms with Crippen LogP contribution in [0.2, 0.25) is 0 Å². The summed E-state index contributed by atoms with van der Waals surface area (Å²) >= 11 is 0. The van der Waals surface area contributed by atoms with Gasteiger partial charge in [0.05, 0.1) is 7.11 Å². The van der Waals surface area contributed by atoms with Crippen LogP contribution in [0.15, 0.2) is 30.4 Å². The van der Waals surface area contributed by atoms with Crippen molar-refractivity contribution >= 4 is 0 Å². The van der Waals surface area contributed by atoms with Crippen molar-refractivity contribution in [3.8, 4) is 5.75 Å². The van der Waals surface area contributed by atoms with Crippen molar-refractivity contribution < 1.29 is 4.74 Å². The van der Waals surface area contributed by atoms with Gasteiger partial charge in [-0.15, -0.1) is 0 Å². The third-order valence-corrected chi connectivity index (χ3v) is 4.10. The van der Waals surface area contributed by atoms with Crippen LogP contribution < -0.4 is 4.74 Å². The van der Waals surface area contributed by atoms with Crippen molar-refractivity contribution in [1.29, 1.82) is 0 Å². The van der Waals surface area contributed by atoms with Crippen LogP contribution in [-0.4, -0.2) is 7.11 Å². The Labute approximate surface area is 83.4 Å². The first-order valence-electron chi connectivity index (χ1n) is 5.26. The van der Waals surface area contributed by atoms with Gasteiger partial charge in [-0.2, -0.15) is 0 Å². The van der Waals surface area contributed by atoms with E-state index in [1.54, 1.807) is 12.7 Å². The molecule has 0 radical (unpaired) electrons. The lowest BCUT2D eigenvalue weighted by Gasteiger charge is -2.09. The molecule has 1 nitrogen and oxygen atoms in total. The van der Waals surface area contributed by atoms with E-state index >= 15 is 0 Å². The Kier molecular flexibility index (Phi) is 1.04. The molecular formula is C13H12O. The Morgan fingerprint density at radius 3 is 2.93 bits per heavy atom. The largest absolute Gasteiger partial charge is 0.497 e. The number of benzene rings is 1. The fourth-order valence-corrected chi connectivity index (χ4v) is 3.44. The van der Waals surface area contributed by atoms with Crippen molar-refractivity contribution in [3.05, 3.63) is 41.5 Å². The van der Waals surface area contributed by atoms with E-state index in [2.05, 4.69) is 30.4 Å². The average molecular weight is 184 g/mol. The molecule has 3 aliphatic rings. The van der Waals surface area contributed by atoms with E-state index in [9.17, 15) is 0 Å². The standard InChI is InChI=1S/C13H12O/c1-14-7-2-3-8-11(6-7)9-4-5-10-12(8)13(9)10/h2-6,9-10,12-13H,1H3/t9-,10+,12-,13-/m0/s1. The zero-order valence-electron chi connectivity index (χ0n) is 8.10. The molecule has 1 aromatic carbocycles. The molecule has 0 spiro atoms. The summed E-state index contributed by atoms with van der Waals surface area (Å²) in [4.78, 5) is 0. The van der Waals surface area contributed by atoms with Gasteiger partial charge in [0, 0.05) is 5.92 Å². The third-order valence-electron chi connectivity index (χ3n) is 4.10. The monoisotopic (exact) mass is 184 g/mol. The molecule has 0 aliphatic heterocycles. The summed E-state index contributed by atoms with van der Waals surface area (Å²) in [6.07, 6.45) is 4.80. The first-order chi connectivity index (χ1) is 6.90. The van der Waals surface area contributed by atoms with Crippen molar-refractivity contribution in [2.75, 3.05) is 7.11 Å². The molecule has 0 saturated heterocycles. The van der Waals surface area contributed by atoms with Gasteiger partial charge in [0.15, 0.2) is 0 Å². The number of rotatable bonds is 1. The van der Waals surface area contributed by atoms with E-state index in [-0.39, 0.29) is 0 Å². The van der Waals surface area contributed by atoms with Gasteiger partial charge in [0.1, 0.15) is 5.75 Å². The number of methoxy groups -OCH3 is 1. The van der Waals surface area contributed by atoms with Crippen LogP contribution in [0.4, 0.5) is 0 Å². The molecule has 1 aromatic rings. The maximum atomic E-state index is 5.27. The van der Waals surface area contributed by atoms with Crippen molar-refractivity contribution in [2.45, 2.75) is 11.8 Å². The minimum Gasteiger partial charge on any atom is -0.497 e. The molecule has 0 heterocycles. The van der Waals surface area contributed by atoms with Crippen LogP contribution in [0.1, 0.15) is 23.0 Å². The van der Waals surface area contributed by atoms with E-state index in [0.29, 0.717) is 5.92 Å². The van der Waals surface area contributed by atoms with Crippen LogP contribution in [-0.2, 0) is 0 Å². The van der Waals surface area contributed by atoms with Crippen LogP contribution in [0.3, 0.4) is 0 Å². The molecule has 1 heteroatoms. The van der Waals surface area contributed by atoms with E-state index < -0.39 is 0 Å². The van der Waals surface area contributed by atoms with E-state index in [4.69, 9.17) is 4.74 Å². The summed E-state index contributed by atoms with van der Waals surface area (Å²) in [6.45, 7) is 0. The molecule has 70 valence electrons. The minimum atomic E-state index is 0.704. The fourth-order valence-electron chi connectivity index (χ4n) is 3.44. The maximum Gasteiger partial charge on any atom is 0.119 e. The highest BCUT2D eigenvalue weighted by Gasteiger charge is 2.61. The number of fused-ring (bicyclic) bond motifs is 4. The van der Waals surface area contributed by atoms with Gasteiger partial charge >= 0.3 is 0 Å². The number of hydrogen-bond acceptors (Lipinski definition) is 1. The minimum absolute atomic E-state index is 0.704. The second kappa shape index (κ2) is 2.05. The molecule has 0 unspecified atom stereocenters. The highest BCUT2D eigenvalue weighted by Crippen LogP contribution is 2.71. The van der Waals surface area contributed by atoms with Gasteiger partial charge in [-0.05, 0) is 41.0 Å². The SMILES string of the molecule is COc1ccc2c(c1)[C@@H]1C=C[C@@H]3[C@H]2[C@H]31. The first kappa shape index (κ1) is 7.10. The summed E-state index contributed by atoms with van der Waals surface area (Å²) in [5.74, 6) is 4.35. The lowest BCUT2D eigenvalue weighted by Crippen LogP contribution is -1.94. The quantitative estimate of drug-likeness (QED) is 0.610. The Balaban J connectivity index is 1.92. The molecule has 0 N–H and O–H groups in total. The molecule has 3 aliphatic carbocycles. The highest BCUT2D eigenvalue weighted by atomic mass is 16.5. The summed E-state index contributed by atoms with van der Waals surface area (Å²) in [6, 6.07) is 6.58. The lowest BCUT2D eigenvalue weighted by molar-refractivity contribution is 0.414. The van der Waals surface area contributed by atoms with Crippen molar-refractivity contribution in [3.63, 3.8) is 0 Å². The Morgan fingerprint density at radius 1 is 1.14 bits per heavy atom. The van der Waals surface area contributed by atoms with Crippen LogP contribution >= 0.6 is 0 Å². The maximum absolute atomic E-state index is 5.27. The van der Waals surface area contributed by atoms with Gasteiger partial charge in [-0.3, -0.25) is 0 Å². The second-order valence-electron chi connectivity index (χ2n) is 4.59. The third kappa shape index (κ3) is 0.617. The molecule has 0 bridgehead atoms. The summed E-state index contributed by atoms with van der Waals surface area (Å²) in [5.41, 5.74) is 3.10. The van der Waals surface area contributed by atoms with Crippen LogP contribution in [0, 0.1) is 11.8 Å². The van der Waals surface area contributed by atoms with Gasteiger partial charge in [-0.25, -0.2) is 0 Å². The van der Waals surface area contributed by atoms with E-state index in [1.807, 2.05) is 0 Å². The van der Waals surface area contributed by atoms with Gasteiger partial charge in [-0.1, -0.05) is 18.2 Å². The molecule has 4 rings (SSSR count). The van der Waals surface area contributed by atoms with Gasteiger partial charge < -0.3 is 4.74 Å². The normalized spacial score (nSPS) is 39.5. The summed E-state index contributed by atoms with van der Waals surface area (Å²) in [7, 11) is 1.74. The smallest absolute Gasteiger partial charge is 0.119 e. The number of allylic oxidation sites excluding steroid dienone is 2. The predicted molar refractivity (Wildman–Crippen MR) is 54.6 cm³/mol. The van der Waals surface area contributed by atoms with E-state index in [1.165, 1.54) is 5.56 Å². The second-order valence-corrected chi connectivity index (χ2v) is 4.59. The molecule has 14 heavy (non-hydrogen) atoms. The zero-order valence-corrected chi connectivity index (χ0v) is 8.10. The molecule has 4 atom stereocenters. The molecule has 0 aromatic heterocycles. The first-order valence-corrected chi connectivity index (χ1v) is 5.26. The number of hydrogen-bond donors (Lipinski definition) is 0. The zero-order chi connectivity index (χ0) is 9.28. The Hall–Kier alpha value is -1.24. The fraction of sp³-hybridized carbons (Fsp3) is 0.385. The van der Waals surface area contributed by atoms with Crippen molar-refractivity contribution in [2.24, 2.45) is 11.8 Å². The molecule has 1 saturated carbocycles. The Morgan fingerprint density at radius 2 is 2.07 bits per heavy atom. The highest BCUT2D eigenvalue weighted by molar-refractivity contribution is 5.56. The summed E-state index contributed by atoms with van der Waals surface area (Å²) < 4.78 is 5.27. The molecular weight excluding hydrogens is 172 g/mol. The molecule has 0 amide bonds. The molecule has 1 fully saturated rings. The number of ether oxygens (including phenoxy) is 1. The Bertz CT molecular complexity index is 447. The van der Waals surface area contributed by atoms with Crippen LogP contribution in [0.25, 0.3) is 0 Å². The van der Waals surface area contributed by atoms with Crippen LogP contribution in [0.5, 0.6) is 5.75 Å². The lowest BCUT2D eigenvalue weighted by atomic mass is 9.98. The predicted octanol–water partition coefficient (Wildman–Crippen LogP) is 2.69.